The number of benzene rings is 1. The Morgan fingerprint density at radius 2 is 1.68 bits per heavy atom. The van der Waals surface area contributed by atoms with Gasteiger partial charge in [-0.25, -0.2) is 0 Å². The van der Waals surface area contributed by atoms with Gasteiger partial charge in [0.1, 0.15) is 0 Å². The summed E-state index contributed by atoms with van der Waals surface area (Å²) in [5, 5.41) is 0. The van der Waals surface area contributed by atoms with Crippen molar-refractivity contribution in [2.24, 2.45) is 29.6 Å². The van der Waals surface area contributed by atoms with E-state index in [0.29, 0.717) is 0 Å². The summed E-state index contributed by atoms with van der Waals surface area (Å²) >= 11 is 0. The van der Waals surface area contributed by atoms with Gasteiger partial charge in [0.25, 0.3) is 0 Å². The molecule has 1 aromatic rings. The number of hydrogen-bond acceptors (Lipinski definition) is 0. The van der Waals surface area contributed by atoms with Crippen LogP contribution in [0.15, 0.2) is 30.3 Å². The Bertz CT molecular complexity index is 405. The predicted molar refractivity (Wildman–Crippen MR) is 82.1 cm³/mol. The zero-order valence-corrected chi connectivity index (χ0v) is 12.7. The summed E-state index contributed by atoms with van der Waals surface area (Å²) in [4.78, 5) is 0. The summed E-state index contributed by atoms with van der Waals surface area (Å²) in [6, 6.07) is 11.3. The summed E-state index contributed by atoms with van der Waals surface area (Å²) < 4.78 is 0. The van der Waals surface area contributed by atoms with E-state index in [0.717, 1.165) is 35.5 Å². The van der Waals surface area contributed by atoms with E-state index >= 15 is 0 Å². The van der Waals surface area contributed by atoms with Gasteiger partial charge in [0.05, 0.1) is 0 Å². The van der Waals surface area contributed by atoms with Crippen LogP contribution in [0.2, 0.25) is 0 Å². The Labute approximate surface area is 118 Å². The predicted octanol–water partition coefficient (Wildman–Crippen LogP) is 5.50. The normalized spacial score (nSPS) is 38.4. The molecule has 5 unspecified atom stereocenters. The molecular formula is C19H28. The third-order valence-corrected chi connectivity index (χ3v) is 5.83. The highest BCUT2D eigenvalue weighted by Gasteiger charge is 2.43. The Kier molecular flexibility index (Phi) is 3.69. The highest BCUT2D eigenvalue weighted by Crippen LogP contribution is 2.54. The molecule has 0 amide bonds. The van der Waals surface area contributed by atoms with Crippen molar-refractivity contribution in [1.29, 1.82) is 0 Å². The number of hydrogen-bond donors (Lipinski definition) is 0. The maximum absolute atomic E-state index is 2.47. The van der Waals surface area contributed by atoms with E-state index in [2.05, 4.69) is 51.1 Å². The Morgan fingerprint density at radius 3 is 2.37 bits per heavy atom. The van der Waals surface area contributed by atoms with E-state index in [9.17, 15) is 0 Å². The molecule has 19 heavy (non-hydrogen) atoms. The molecule has 0 aliphatic heterocycles. The van der Waals surface area contributed by atoms with Gasteiger partial charge in [-0.15, -0.1) is 0 Å². The highest BCUT2D eigenvalue weighted by molar-refractivity contribution is 5.22. The van der Waals surface area contributed by atoms with Crippen molar-refractivity contribution in [3.63, 3.8) is 0 Å². The van der Waals surface area contributed by atoms with Crippen molar-refractivity contribution in [3.8, 4) is 0 Å². The molecule has 0 spiro atoms. The molecule has 104 valence electrons. The minimum Gasteiger partial charge on any atom is -0.0625 e. The van der Waals surface area contributed by atoms with Crippen LogP contribution in [-0.4, -0.2) is 0 Å². The third kappa shape index (κ3) is 2.59. The van der Waals surface area contributed by atoms with E-state index in [4.69, 9.17) is 0 Å². The van der Waals surface area contributed by atoms with Crippen LogP contribution in [0.4, 0.5) is 0 Å². The minimum atomic E-state index is 0.832. The van der Waals surface area contributed by atoms with E-state index in [1.807, 2.05) is 0 Å². The molecule has 2 fully saturated rings. The molecule has 0 nitrogen and oxygen atoms in total. The second kappa shape index (κ2) is 5.31. The molecule has 1 aromatic carbocycles. The monoisotopic (exact) mass is 256 g/mol. The van der Waals surface area contributed by atoms with Gasteiger partial charge in [-0.05, 0) is 66.8 Å². The molecular weight excluding hydrogens is 228 g/mol. The van der Waals surface area contributed by atoms with E-state index in [1.54, 1.807) is 5.56 Å². The summed E-state index contributed by atoms with van der Waals surface area (Å²) in [5.74, 6) is 5.56. The van der Waals surface area contributed by atoms with Crippen LogP contribution in [0, 0.1) is 29.6 Å². The van der Waals surface area contributed by atoms with Crippen molar-refractivity contribution in [2.45, 2.75) is 52.4 Å². The Morgan fingerprint density at radius 1 is 0.947 bits per heavy atom. The average molecular weight is 256 g/mol. The van der Waals surface area contributed by atoms with Crippen molar-refractivity contribution in [2.75, 3.05) is 0 Å². The largest absolute Gasteiger partial charge is 0.0625 e. The lowest BCUT2D eigenvalue weighted by atomic mass is 9.67. The van der Waals surface area contributed by atoms with Gasteiger partial charge in [0.15, 0.2) is 0 Å². The first kappa shape index (κ1) is 13.2. The summed E-state index contributed by atoms with van der Waals surface area (Å²) in [6.07, 6.45) is 5.87. The molecule has 3 rings (SSSR count). The van der Waals surface area contributed by atoms with Crippen LogP contribution in [0.5, 0.6) is 0 Å². The van der Waals surface area contributed by atoms with E-state index < -0.39 is 0 Å². The van der Waals surface area contributed by atoms with Crippen LogP contribution in [0.25, 0.3) is 0 Å². The maximum Gasteiger partial charge on any atom is -0.0128 e. The molecule has 0 heterocycles. The Hall–Kier alpha value is -0.780. The second-order valence-corrected chi connectivity index (χ2v) is 7.49. The number of rotatable bonds is 2. The fourth-order valence-corrected chi connectivity index (χ4v) is 4.81. The van der Waals surface area contributed by atoms with Gasteiger partial charge in [-0.2, -0.15) is 0 Å². The summed E-state index contributed by atoms with van der Waals surface area (Å²) in [5.41, 5.74) is 1.61. The van der Waals surface area contributed by atoms with Gasteiger partial charge >= 0.3 is 0 Å². The van der Waals surface area contributed by atoms with Crippen LogP contribution in [0.1, 0.15) is 57.9 Å². The van der Waals surface area contributed by atoms with Gasteiger partial charge in [0, 0.05) is 0 Å². The molecule has 0 aromatic heterocycles. The summed E-state index contributed by atoms with van der Waals surface area (Å²) in [7, 11) is 0. The van der Waals surface area contributed by atoms with Gasteiger partial charge < -0.3 is 0 Å². The van der Waals surface area contributed by atoms with Crippen LogP contribution in [0.3, 0.4) is 0 Å². The fraction of sp³-hybridized carbons (Fsp3) is 0.684. The average Bonchev–Trinajstić information content (AvgIpc) is 2.82. The molecule has 0 N–H and O–H groups in total. The van der Waals surface area contributed by atoms with Crippen molar-refractivity contribution in [3.05, 3.63) is 35.9 Å². The first-order valence-electron chi connectivity index (χ1n) is 8.20. The van der Waals surface area contributed by atoms with E-state index in [1.165, 1.54) is 25.7 Å². The van der Waals surface area contributed by atoms with Crippen LogP contribution in [-0.2, 0) is 0 Å². The molecule has 0 bridgehead atoms. The third-order valence-electron chi connectivity index (χ3n) is 5.83. The summed E-state index contributed by atoms with van der Waals surface area (Å²) in [6.45, 7) is 7.31. The maximum atomic E-state index is 2.47. The van der Waals surface area contributed by atoms with Crippen molar-refractivity contribution < 1.29 is 0 Å². The van der Waals surface area contributed by atoms with Crippen molar-refractivity contribution >= 4 is 0 Å². The SMILES string of the molecule is CC1CC2CC(C(C)C)CC2C(c2ccccc2)C1. The topological polar surface area (TPSA) is 0 Å². The molecule has 2 aliphatic carbocycles. The molecule has 0 saturated heterocycles. The fourth-order valence-electron chi connectivity index (χ4n) is 4.81. The van der Waals surface area contributed by atoms with Crippen LogP contribution >= 0.6 is 0 Å². The molecule has 5 atom stereocenters. The smallest absolute Gasteiger partial charge is 0.0128 e. The van der Waals surface area contributed by atoms with Gasteiger partial charge in [0.2, 0.25) is 0 Å². The number of fused-ring (bicyclic) bond motifs is 1. The first-order chi connectivity index (χ1) is 9.15. The lowest BCUT2D eigenvalue weighted by Crippen LogP contribution is -2.26. The first-order valence-corrected chi connectivity index (χ1v) is 8.20. The van der Waals surface area contributed by atoms with Crippen molar-refractivity contribution in [1.82, 2.24) is 0 Å². The van der Waals surface area contributed by atoms with Gasteiger partial charge in [-0.1, -0.05) is 51.1 Å². The second-order valence-electron chi connectivity index (χ2n) is 7.49. The Balaban J connectivity index is 1.84. The molecule has 0 radical (unpaired) electrons. The minimum absolute atomic E-state index is 0.832. The molecule has 2 aliphatic rings. The van der Waals surface area contributed by atoms with Gasteiger partial charge in [-0.3, -0.25) is 0 Å². The zero-order valence-electron chi connectivity index (χ0n) is 12.7. The quantitative estimate of drug-likeness (QED) is 0.655. The highest BCUT2D eigenvalue weighted by atomic mass is 14.5. The zero-order chi connectivity index (χ0) is 13.4. The standard InChI is InChI=1S/C19H28/c1-13(2)16-11-17-9-14(3)10-18(19(17)12-16)15-7-5-4-6-8-15/h4-8,13-14,16-19H,9-12H2,1-3H3. The van der Waals surface area contributed by atoms with E-state index in [-0.39, 0.29) is 0 Å². The lowest BCUT2D eigenvalue weighted by molar-refractivity contribution is 0.187. The van der Waals surface area contributed by atoms with Crippen LogP contribution < -0.4 is 0 Å². The molecule has 0 heteroatoms. The lowest BCUT2D eigenvalue weighted by Gasteiger charge is -2.37. The molecule has 2 saturated carbocycles.